The molecule has 20 heavy (non-hydrogen) atoms. The van der Waals surface area contributed by atoms with Crippen molar-refractivity contribution >= 4 is 16.8 Å². The molecule has 3 N–H and O–H groups in total. The molecule has 1 aromatic carbocycles. The zero-order valence-electron chi connectivity index (χ0n) is 10.8. The predicted molar refractivity (Wildman–Crippen MR) is 79.5 cm³/mol. The van der Waals surface area contributed by atoms with Crippen molar-refractivity contribution in [2.24, 2.45) is 17.6 Å². The Kier molecular flexibility index (Phi) is 4.45. The molecule has 2 atom stereocenters. The van der Waals surface area contributed by atoms with E-state index in [0.717, 1.165) is 23.7 Å². The molecule has 0 spiro atoms. The lowest BCUT2D eigenvalue weighted by atomic mass is 9.83. The molecule has 1 aliphatic rings. The van der Waals surface area contributed by atoms with Crippen LogP contribution in [0.3, 0.4) is 0 Å². The van der Waals surface area contributed by atoms with Crippen molar-refractivity contribution in [1.82, 2.24) is 0 Å². The van der Waals surface area contributed by atoms with Crippen LogP contribution in [0.5, 0.6) is 0 Å². The number of hydrogen-bond donors (Lipinski definition) is 2. The van der Waals surface area contributed by atoms with Crippen LogP contribution < -0.4 is 5.73 Å². The molecule has 0 aliphatic carbocycles. The lowest BCUT2D eigenvalue weighted by Crippen LogP contribution is -2.28. The molecule has 100 valence electrons. The van der Waals surface area contributed by atoms with Crippen LogP contribution >= 0.6 is 11.8 Å². The highest BCUT2D eigenvalue weighted by Gasteiger charge is 2.35. The summed E-state index contributed by atoms with van der Waals surface area (Å²) >= 11 is 1.03. The molecule has 0 saturated carbocycles. The second-order valence-electron chi connectivity index (χ2n) is 4.59. The van der Waals surface area contributed by atoms with Crippen molar-refractivity contribution in [3.05, 3.63) is 46.5 Å². The number of nitrogens with two attached hydrogens (primary N) is 1. The molecule has 2 rings (SSSR count). The van der Waals surface area contributed by atoms with Gasteiger partial charge in [0.25, 0.3) is 0 Å². The van der Waals surface area contributed by atoms with Crippen LogP contribution in [-0.2, 0) is 6.42 Å². The largest absolute Gasteiger partial charge is 0.392 e. The lowest BCUT2D eigenvalue weighted by molar-refractivity contribution is 0.523. The first-order valence-electron chi connectivity index (χ1n) is 6.27. The average Bonchev–Trinajstić information content (AvgIpc) is 2.46. The van der Waals surface area contributed by atoms with Crippen molar-refractivity contribution < 1.29 is 0 Å². The van der Waals surface area contributed by atoms with Gasteiger partial charge in [-0.25, -0.2) is 0 Å². The summed E-state index contributed by atoms with van der Waals surface area (Å²) in [6, 6.07) is 14.2. The fourth-order valence-electron chi connectivity index (χ4n) is 2.33. The van der Waals surface area contributed by atoms with E-state index in [-0.39, 0.29) is 11.0 Å². The SMILES string of the molecule is N#CC1=C(N)SC(=N)[C@@H](C#N)[C@@H]1CCc1ccccc1. The van der Waals surface area contributed by atoms with Gasteiger partial charge in [-0.05, 0) is 18.4 Å². The summed E-state index contributed by atoms with van der Waals surface area (Å²) < 4.78 is 0. The molecular weight excluding hydrogens is 268 g/mol. The summed E-state index contributed by atoms with van der Waals surface area (Å²) in [7, 11) is 0. The maximum atomic E-state index is 9.25. The molecule has 0 amide bonds. The number of aryl methyl sites for hydroxylation is 1. The van der Waals surface area contributed by atoms with Crippen LogP contribution in [0.25, 0.3) is 0 Å². The van der Waals surface area contributed by atoms with E-state index in [2.05, 4.69) is 12.1 Å². The molecular formula is C15H14N4S. The highest BCUT2D eigenvalue weighted by molar-refractivity contribution is 8.17. The van der Waals surface area contributed by atoms with Crippen LogP contribution in [0.1, 0.15) is 12.0 Å². The van der Waals surface area contributed by atoms with Gasteiger partial charge in [-0.15, -0.1) is 0 Å². The Hall–Kier alpha value is -2.24. The fourth-order valence-corrected chi connectivity index (χ4v) is 3.22. The molecule has 0 fully saturated rings. The summed E-state index contributed by atoms with van der Waals surface area (Å²) in [5.41, 5.74) is 7.44. The summed E-state index contributed by atoms with van der Waals surface area (Å²) in [4.78, 5) is 0. The fraction of sp³-hybridized carbons (Fsp3) is 0.267. The Morgan fingerprint density at radius 2 is 1.95 bits per heavy atom. The number of nitrogens with one attached hydrogen (secondary N) is 1. The van der Waals surface area contributed by atoms with E-state index in [1.807, 2.05) is 30.3 Å². The summed E-state index contributed by atoms with van der Waals surface area (Å²) in [5.74, 6) is -0.843. The van der Waals surface area contributed by atoms with Crippen molar-refractivity contribution in [2.75, 3.05) is 0 Å². The number of nitriles is 2. The first kappa shape index (κ1) is 14.2. The van der Waals surface area contributed by atoms with Crippen LogP contribution in [0.2, 0.25) is 0 Å². The number of rotatable bonds is 3. The van der Waals surface area contributed by atoms with Crippen LogP contribution in [0.15, 0.2) is 40.9 Å². The molecule has 0 saturated heterocycles. The highest BCUT2D eigenvalue weighted by atomic mass is 32.2. The van der Waals surface area contributed by atoms with Gasteiger partial charge in [0, 0.05) is 5.92 Å². The van der Waals surface area contributed by atoms with E-state index < -0.39 is 5.92 Å². The highest BCUT2D eigenvalue weighted by Crippen LogP contribution is 2.38. The zero-order chi connectivity index (χ0) is 14.5. The summed E-state index contributed by atoms with van der Waals surface area (Å²) in [5, 5.41) is 27.0. The van der Waals surface area contributed by atoms with Gasteiger partial charge in [0.05, 0.1) is 27.8 Å². The molecule has 0 unspecified atom stereocenters. The molecule has 4 nitrogen and oxygen atoms in total. The van der Waals surface area contributed by atoms with E-state index in [4.69, 9.17) is 11.1 Å². The number of nitrogens with zero attached hydrogens (tertiary/aromatic N) is 2. The second-order valence-corrected chi connectivity index (χ2v) is 5.68. The van der Waals surface area contributed by atoms with Gasteiger partial charge in [0.15, 0.2) is 0 Å². The van der Waals surface area contributed by atoms with E-state index in [9.17, 15) is 10.5 Å². The van der Waals surface area contributed by atoms with Crippen molar-refractivity contribution in [3.63, 3.8) is 0 Å². The molecule has 1 heterocycles. The smallest absolute Gasteiger partial charge is 0.102 e. The monoisotopic (exact) mass is 282 g/mol. The molecule has 5 heteroatoms. The minimum absolute atomic E-state index is 0.238. The molecule has 1 aliphatic heterocycles. The third-order valence-corrected chi connectivity index (χ3v) is 4.30. The lowest BCUT2D eigenvalue weighted by Gasteiger charge is -2.27. The van der Waals surface area contributed by atoms with E-state index in [1.165, 1.54) is 0 Å². The standard InChI is InChI=1S/C15H14N4S/c16-8-12-11(7-6-10-4-2-1-3-5-10)13(9-17)15(19)20-14(12)18/h1-5,11-12,18H,6-7,19H2/t11-,12-/m0/s1. The van der Waals surface area contributed by atoms with Gasteiger partial charge < -0.3 is 5.73 Å². The number of benzene rings is 1. The number of thioether (sulfide) groups is 1. The summed E-state index contributed by atoms with van der Waals surface area (Å²) in [6.07, 6.45) is 1.41. The van der Waals surface area contributed by atoms with Gasteiger partial charge in [0.1, 0.15) is 5.92 Å². The van der Waals surface area contributed by atoms with Gasteiger partial charge in [-0.1, -0.05) is 42.1 Å². The average molecular weight is 282 g/mol. The van der Waals surface area contributed by atoms with E-state index in [0.29, 0.717) is 17.0 Å². The predicted octanol–water partition coefficient (Wildman–Crippen LogP) is 2.79. The third kappa shape index (κ3) is 2.84. The molecule has 0 bridgehead atoms. The second kappa shape index (κ2) is 6.27. The Labute approximate surface area is 122 Å². The Bertz CT molecular complexity index is 622. The van der Waals surface area contributed by atoms with Crippen LogP contribution in [0, 0.1) is 39.9 Å². The maximum Gasteiger partial charge on any atom is 0.102 e. The van der Waals surface area contributed by atoms with Crippen LogP contribution in [0.4, 0.5) is 0 Å². The van der Waals surface area contributed by atoms with Gasteiger partial charge >= 0.3 is 0 Å². The minimum atomic E-state index is -0.564. The molecule has 0 aromatic heterocycles. The Morgan fingerprint density at radius 3 is 2.55 bits per heavy atom. The molecule has 0 radical (unpaired) electrons. The van der Waals surface area contributed by atoms with E-state index >= 15 is 0 Å². The topological polar surface area (TPSA) is 97.4 Å². The van der Waals surface area contributed by atoms with Crippen LogP contribution in [-0.4, -0.2) is 5.04 Å². The number of hydrogen-bond acceptors (Lipinski definition) is 5. The number of allylic oxidation sites excluding steroid dienone is 1. The van der Waals surface area contributed by atoms with Crippen molar-refractivity contribution in [2.45, 2.75) is 12.8 Å². The first-order chi connectivity index (χ1) is 9.67. The van der Waals surface area contributed by atoms with Gasteiger partial charge in [-0.2, -0.15) is 10.5 Å². The summed E-state index contributed by atoms with van der Waals surface area (Å²) in [6.45, 7) is 0. The van der Waals surface area contributed by atoms with Crippen molar-refractivity contribution in [1.29, 1.82) is 15.9 Å². The Balaban J connectivity index is 2.22. The minimum Gasteiger partial charge on any atom is -0.392 e. The zero-order valence-corrected chi connectivity index (χ0v) is 11.7. The first-order valence-corrected chi connectivity index (χ1v) is 7.08. The molecule has 1 aromatic rings. The Morgan fingerprint density at radius 1 is 1.25 bits per heavy atom. The van der Waals surface area contributed by atoms with Crippen molar-refractivity contribution in [3.8, 4) is 12.1 Å². The maximum absolute atomic E-state index is 9.25. The third-order valence-electron chi connectivity index (χ3n) is 3.39. The van der Waals surface area contributed by atoms with Gasteiger partial charge in [-0.3, -0.25) is 5.41 Å². The quantitative estimate of drug-likeness (QED) is 0.890. The normalized spacial score (nSPS) is 22.2. The van der Waals surface area contributed by atoms with Gasteiger partial charge in [0.2, 0.25) is 0 Å². The van der Waals surface area contributed by atoms with E-state index in [1.54, 1.807) is 0 Å².